The van der Waals surface area contributed by atoms with Crippen LogP contribution in [-0.4, -0.2) is 23.8 Å². The second-order valence-corrected chi connectivity index (χ2v) is 5.71. The second kappa shape index (κ2) is 5.65. The summed E-state index contributed by atoms with van der Waals surface area (Å²) in [4.78, 5) is 0. The van der Waals surface area contributed by atoms with E-state index in [0.717, 1.165) is 38.6 Å². The molecule has 0 spiro atoms. The maximum atomic E-state index is 10.2. The highest BCUT2D eigenvalue weighted by Crippen LogP contribution is 2.27. The third-order valence-electron chi connectivity index (χ3n) is 3.47. The molecule has 0 amide bonds. The molecule has 92 valence electrons. The highest BCUT2D eigenvalue weighted by Gasteiger charge is 2.28. The van der Waals surface area contributed by atoms with Gasteiger partial charge in [0.15, 0.2) is 0 Å². The number of nitriles is 1. The van der Waals surface area contributed by atoms with Crippen LogP contribution in [0.4, 0.5) is 0 Å². The summed E-state index contributed by atoms with van der Waals surface area (Å²) in [6.07, 6.45) is 6.20. The molecular weight excluding hydrogens is 200 g/mol. The van der Waals surface area contributed by atoms with Crippen LogP contribution in [0.2, 0.25) is 0 Å². The molecule has 1 aliphatic carbocycles. The molecule has 16 heavy (non-hydrogen) atoms. The van der Waals surface area contributed by atoms with Crippen molar-refractivity contribution in [3.8, 4) is 6.07 Å². The summed E-state index contributed by atoms with van der Waals surface area (Å²) in [6.45, 7) is 5.38. The molecule has 0 bridgehead atoms. The van der Waals surface area contributed by atoms with Gasteiger partial charge in [0.05, 0.1) is 17.1 Å². The van der Waals surface area contributed by atoms with E-state index in [9.17, 15) is 5.11 Å². The minimum atomic E-state index is -0.491. The molecule has 0 unspecified atom stereocenters. The highest BCUT2D eigenvalue weighted by atomic mass is 16.3. The van der Waals surface area contributed by atoms with Gasteiger partial charge in [-0.3, -0.25) is 0 Å². The van der Waals surface area contributed by atoms with Crippen LogP contribution in [0.3, 0.4) is 0 Å². The fourth-order valence-corrected chi connectivity index (χ4v) is 2.16. The minimum Gasteiger partial charge on any atom is -0.389 e. The van der Waals surface area contributed by atoms with Crippen LogP contribution in [0.1, 0.15) is 52.4 Å². The summed E-state index contributed by atoms with van der Waals surface area (Å²) in [7, 11) is 0. The van der Waals surface area contributed by atoms with Gasteiger partial charge < -0.3 is 10.4 Å². The van der Waals surface area contributed by atoms with Crippen LogP contribution in [0.25, 0.3) is 0 Å². The third kappa shape index (κ3) is 4.51. The molecule has 0 aromatic rings. The van der Waals surface area contributed by atoms with E-state index in [1.807, 2.05) is 13.8 Å². The maximum absolute atomic E-state index is 10.2. The van der Waals surface area contributed by atoms with E-state index in [1.165, 1.54) is 6.42 Å². The van der Waals surface area contributed by atoms with Crippen LogP contribution in [-0.2, 0) is 0 Å². The van der Waals surface area contributed by atoms with Crippen LogP contribution in [0.5, 0.6) is 0 Å². The molecular formula is C13H24N2O. The van der Waals surface area contributed by atoms with E-state index >= 15 is 0 Å². The number of hydrogen-bond acceptors (Lipinski definition) is 3. The quantitative estimate of drug-likeness (QED) is 0.704. The Morgan fingerprint density at radius 3 is 2.50 bits per heavy atom. The van der Waals surface area contributed by atoms with Crippen molar-refractivity contribution in [2.75, 3.05) is 13.1 Å². The molecule has 0 aromatic carbocycles. The van der Waals surface area contributed by atoms with E-state index in [1.54, 1.807) is 0 Å². The van der Waals surface area contributed by atoms with Crippen molar-refractivity contribution in [3.05, 3.63) is 0 Å². The van der Waals surface area contributed by atoms with Crippen molar-refractivity contribution in [1.29, 1.82) is 5.26 Å². The van der Waals surface area contributed by atoms with E-state index in [4.69, 9.17) is 5.26 Å². The van der Waals surface area contributed by atoms with E-state index in [0.29, 0.717) is 6.54 Å². The number of nitrogens with one attached hydrogen (secondary N) is 1. The summed E-state index contributed by atoms with van der Waals surface area (Å²) >= 11 is 0. The lowest BCUT2D eigenvalue weighted by Gasteiger charge is -2.32. The van der Waals surface area contributed by atoms with Crippen molar-refractivity contribution in [3.63, 3.8) is 0 Å². The molecule has 0 aromatic heterocycles. The standard InChI is InChI=1S/C13H24N2O/c1-12(2,10-14)8-9-15-11-13(16)6-4-3-5-7-13/h15-16H,3-9,11H2,1-2H3. The number of rotatable bonds is 5. The molecule has 2 N–H and O–H groups in total. The predicted molar refractivity (Wildman–Crippen MR) is 64.9 cm³/mol. The van der Waals surface area contributed by atoms with Crippen molar-refractivity contribution in [2.24, 2.45) is 5.41 Å². The van der Waals surface area contributed by atoms with Gasteiger partial charge in [-0.05, 0) is 39.7 Å². The van der Waals surface area contributed by atoms with Gasteiger partial charge in [0.1, 0.15) is 0 Å². The number of aliphatic hydroxyl groups is 1. The Morgan fingerprint density at radius 2 is 1.94 bits per heavy atom. The van der Waals surface area contributed by atoms with E-state index in [-0.39, 0.29) is 5.41 Å². The fourth-order valence-electron chi connectivity index (χ4n) is 2.16. The molecule has 0 heterocycles. The SMILES string of the molecule is CC(C)(C#N)CCNCC1(O)CCCCC1. The average molecular weight is 224 g/mol. The van der Waals surface area contributed by atoms with Gasteiger partial charge in [0.2, 0.25) is 0 Å². The first-order chi connectivity index (χ1) is 7.47. The Balaban J connectivity index is 2.18. The van der Waals surface area contributed by atoms with Crippen molar-refractivity contribution in [1.82, 2.24) is 5.32 Å². The van der Waals surface area contributed by atoms with Gasteiger partial charge in [0, 0.05) is 6.54 Å². The predicted octanol–water partition coefficient (Wildman–Crippen LogP) is 2.21. The van der Waals surface area contributed by atoms with Crippen molar-refractivity contribution >= 4 is 0 Å². The maximum Gasteiger partial charge on any atom is 0.0771 e. The smallest absolute Gasteiger partial charge is 0.0771 e. The average Bonchev–Trinajstić information content (AvgIpc) is 2.26. The molecule has 1 aliphatic rings. The molecule has 1 fully saturated rings. The molecule has 3 heteroatoms. The molecule has 0 radical (unpaired) electrons. The molecule has 0 atom stereocenters. The molecule has 3 nitrogen and oxygen atoms in total. The Bertz CT molecular complexity index is 249. The lowest BCUT2D eigenvalue weighted by Crippen LogP contribution is -2.42. The Labute approximate surface area is 98.8 Å². The molecule has 0 saturated heterocycles. The third-order valence-corrected chi connectivity index (χ3v) is 3.47. The van der Waals surface area contributed by atoms with Crippen molar-refractivity contribution in [2.45, 2.75) is 58.0 Å². The minimum absolute atomic E-state index is 0.262. The van der Waals surface area contributed by atoms with Gasteiger partial charge in [-0.2, -0.15) is 5.26 Å². The lowest BCUT2D eigenvalue weighted by atomic mass is 9.84. The van der Waals surface area contributed by atoms with Gasteiger partial charge >= 0.3 is 0 Å². The first-order valence-corrected chi connectivity index (χ1v) is 6.32. The van der Waals surface area contributed by atoms with Crippen LogP contribution >= 0.6 is 0 Å². The van der Waals surface area contributed by atoms with E-state index in [2.05, 4.69) is 11.4 Å². The van der Waals surface area contributed by atoms with Gasteiger partial charge in [-0.15, -0.1) is 0 Å². The largest absolute Gasteiger partial charge is 0.389 e. The zero-order chi connectivity index (χ0) is 12.1. The molecule has 1 saturated carbocycles. The van der Waals surface area contributed by atoms with Gasteiger partial charge in [0.25, 0.3) is 0 Å². The molecule has 1 rings (SSSR count). The first kappa shape index (κ1) is 13.5. The van der Waals surface area contributed by atoms with Gasteiger partial charge in [-0.1, -0.05) is 19.3 Å². The van der Waals surface area contributed by atoms with E-state index < -0.39 is 5.60 Å². The topological polar surface area (TPSA) is 56.0 Å². The zero-order valence-corrected chi connectivity index (χ0v) is 10.6. The second-order valence-electron chi connectivity index (χ2n) is 5.71. The summed E-state index contributed by atoms with van der Waals surface area (Å²) < 4.78 is 0. The Kier molecular flexibility index (Phi) is 4.76. The Hall–Kier alpha value is -0.590. The lowest BCUT2D eigenvalue weighted by molar-refractivity contribution is 0.00474. The summed E-state index contributed by atoms with van der Waals surface area (Å²) in [5.41, 5.74) is -0.753. The van der Waals surface area contributed by atoms with Crippen molar-refractivity contribution < 1.29 is 5.11 Å². The zero-order valence-electron chi connectivity index (χ0n) is 10.6. The number of hydrogen-bond donors (Lipinski definition) is 2. The Morgan fingerprint density at radius 1 is 1.31 bits per heavy atom. The fraction of sp³-hybridized carbons (Fsp3) is 0.923. The van der Waals surface area contributed by atoms with Crippen LogP contribution in [0, 0.1) is 16.7 Å². The summed E-state index contributed by atoms with van der Waals surface area (Å²) in [6, 6.07) is 2.29. The number of nitrogens with zero attached hydrogens (tertiary/aromatic N) is 1. The summed E-state index contributed by atoms with van der Waals surface area (Å²) in [5.74, 6) is 0. The monoisotopic (exact) mass is 224 g/mol. The van der Waals surface area contributed by atoms with Crippen LogP contribution < -0.4 is 5.32 Å². The summed E-state index contributed by atoms with van der Waals surface area (Å²) in [5, 5.41) is 22.4. The first-order valence-electron chi connectivity index (χ1n) is 6.32. The van der Waals surface area contributed by atoms with Crippen LogP contribution in [0.15, 0.2) is 0 Å². The molecule has 0 aliphatic heterocycles. The highest BCUT2D eigenvalue weighted by molar-refractivity contribution is 4.92. The van der Waals surface area contributed by atoms with Gasteiger partial charge in [-0.25, -0.2) is 0 Å². The normalized spacial score (nSPS) is 20.4.